The molecule has 1 aromatic carbocycles. The normalized spacial score (nSPS) is 13.4. The van der Waals surface area contributed by atoms with E-state index in [9.17, 15) is 10.1 Å². The first-order valence-electron chi connectivity index (χ1n) is 5.78. The van der Waals surface area contributed by atoms with Crippen molar-refractivity contribution in [3.63, 3.8) is 0 Å². The number of methoxy groups -OCH3 is 1. The number of esters is 1. The predicted molar refractivity (Wildman–Crippen MR) is 66.5 cm³/mol. The van der Waals surface area contributed by atoms with Crippen molar-refractivity contribution < 1.29 is 14.6 Å². The molecule has 1 unspecified atom stereocenters. The van der Waals surface area contributed by atoms with Gasteiger partial charge >= 0.3 is 5.97 Å². The third-order valence-electron chi connectivity index (χ3n) is 2.92. The molecule has 1 atom stereocenters. The minimum absolute atomic E-state index is 0.00451. The lowest BCUT2D eigenvalue weighted by Gasteiger charge is -2.24. The number of ether oxygens (including phenoxy) is 1. The molecule has 0 aromatic heterocycles. The Morgan fingerprint density at radius 1 is 1.44 bits per heavy atom. The van der Waals surface area contributed by atoms with Crippen LogP contribution in [0.5, 0.6) is 0 Å². The molecule has 0 amide bonds. The third-order valence-corrected chi connectivity index (χ3v) is 2.92. The Kier molecular flexibility index (Phi) is 5.34. The van der Waals surface area contributed by atoms with Gasteiger partial charge in [-0.25, -0.2) is 0 Å². The fraction of sp³-hybridized carbons (Fsp3) is 0.429. The Hall–Kier alpha value is -1.86. The van der Waals surface area contributed by atoms with E-state index in [0.717, 1.165) is 5.56 Å². The molecule has 0 fully saturated rings. The zero-order valence-corrected chi connectivity index (χ0v) is 10.4. The summed E-state index contributed by atoms with van der Waals surface area (Å²) in [5.74, 6) is -0.430. The van der Waals surface area contributed by atoms with E-state index < -0.39 is 11.4 Å². The maximum atomic E-state index is 11.4. The quantitative estimate of drug-likeness (QED) is 0.776. The van der Waals surface area contributed by atoms with E-state index in [2.05, 4.69) is 10.8 Å². The van der Waals surface area contributed by atoms with Crippen molar-refractivity contribution in [1.29, 1.82) is 5.26 Å². The molecule has 4 heteroatoms. The van der Waals surface area contributed by atoms with Gasteiger partial charge in [-0.3, -0.25) is 4.79 Å². The molecular formula is C14H17NO3. The second-order valence-corrected chi connectivity index (χ2v) is 4.28. The smallest absolute Gasteiger partial charge is 0.307 e. The lowest BCUT2D eigenvalue weighted by Crippen LogP contribution is -2.27. The Labute approximate surface area is 107 Å². The summed E-state index contributed by atoms with van der Waals surface area (Å²) in [7, 11) is 1.30. The number of nitriles is 1. The van der Waals surface area contributed by atoms with Gasteiger partial charge in [0.25, 0.3) is 0 Å². The molecule has 18 heavy (non-hydrogen) atoms. The SMILES string of the molecule is COC(=O)CC(C#N)(CCO)Cc1ccccc1. The topological polar surface area (TPSA) is 70.3 Å². The van der Waals surface area contributed by atoms with Gasteiger partial charge in [-0.1, -0.05) is 30.3 Å². The summed E-state index contributed by atoms with van der Waals surface area (Å²) in [5.41, 5.74) is 0.0693. The summed E-state index contributed by atoms with van der Waals surface area (Å²) < 4.78 is 4.62. The van der Waals surface area contributed by atoms with E-state index >= 15 is 0 Å². The summed E-state index contributed by atoms with van der Waals surface area (Å²) in [5, 5.41) is 18.4. The van der Waals surface area contributed by atoms with Crippen LogP contribution in [-0.2, 0) is 16.0 Å². The Balaban J connectivity index is 2.90. The third kappa shape index (κ3) is 3.86. The number of hydrogen-bond acceptors (Lipinski definition) is 4. The van der Waals surface area contributed by atoms with Gasteiger partial charge in [0, 0.05) is 6.61 Å². The number of carbonyl (C=O) groups excluding carboxylic acids is 1. The van der Waals surface area contributed by atoms with E-state index in [1.807, 2.05) is 30.3 Å². The van der Waals surface area contributed by atoms with Gasteiger partial charge in [0.05, 0.1) is 25.0 Å². The van der Waals surface area contributed by atoms with Crippen LogP contribution in [0.25, 0.3) is 0 Å². The second-order valence-electron chi connectivity index (χ2n) is 4.28. The van der Waals surface area contributed by atoms with Crippen LogP contribution in [-0.4, -0.2) is 24.8 Å². The molecule has 0 aliphatic carbocycles. The van der Waals surface area contributed by atoms with Crippen molar-refractivity contribution in [3.8, 4) is 6.07 Å². The number of aliphatic hydroxyl groups is 1. The summed E-state index contributed by atoms with van der Waals surface area (Å²) in [6, 6.07) is 11.6. The molecule has 96 valence electrons. The summed E-state index contributed by atoms with van der Waals surface area (Å²) in [6.07, 6.45) is 0.683. The lowest BCUT2D eigenvalue weighted by molar-refractivity contribution is -0.142. The van der Waals surface area contributed by atoms with Crippen LogP contribution < -0.4 is 0 Å². The first kappa shape index (κ1) is 14.2. The molecule has 0 spiro atoms. The van der Waals surface area contributed by atoms with Gasteiger partial charge in [0.2, 0.25) is 0 Å². The maximum absolute atomic E-state index is 11.4. The molecule has 0 saturated carbocycles. The van der Waals surface area contributed by atoms with Crippen LogP contribution in [0.3, 0.4) is 0 Å². The van der Waals surface area contributed by atoms with E-state index in [1.54, 1.807) is 0 Å². The standard InChI is InChI=1S/C14H17NO3/c1-18-13(17)10-14(11-15,7-8-16)9-12-5-3-2-4-6-12/h2-6,16H,7-10H2,1H3. The van der Waals surface area contributed by atoms with Crippen LogP contribution in [0.15, 0.2) is 30.3 Å². The second kappa shape index (κ2) is 6.77. The van der Waals surface area contributed by atoms with Crippen LogP contribution in [0.2, 0.25) is 0 Å². The van der Waals surface area contributed by atoms with Gasteiger partial charge in [-0.15, -0.1) is 0 Å². The molecule has 1 aromatic rings. The average Bonchev–Trinajstić information content (AvgIpc) is 2.40. The van der Waals surface area contributed by atoms with Crippen molar-refractivity contribution in [2.24, 2.45) is 5.41 Å². The molecule has 0 bridgehead atoms. The fourth-order valence-electron chi connectivity index (χ4n) is 1.92. The number of aliphatic hydroxyl groups excluding tert-OH is 1. The molecule has 0 heterocycles. The molecule has 1 rings (SSSR count). The predicted octanol–water partition coefficient (Wildman–Crippen LogP) is 1.68. The fourth-order valence-corrected chi connectivity index (χ4v) is 1.92. The maximum Gasteiger partial charge on any atom is 0.307 e. The first-order chi connectivity index (χ1) is 8.65. The van der Waals surface area contributed by atoms with Crippen molar-refractivity contribution in [1.82, 2.24) is 0 Å². The molecule has 0 radical (unpaired) electrons. The summed E-state index contributed by atoms with van der Waals surface area (Å²) in [4.78, 5) is 11.4. The highest BCUT2D eigenvalue weighted by molar-refractivity contribution is 5.70. The zero-order valence-electron chi connectivity index (χ0n) is 10.4. The highest BCUT2D eigenvalue weighted by Gasteiger charge is 2.33. The Morgan fingerprint density at radius 3 is 2.61 bits per heavy atom. The number of hydrogen-bond donors (Lipinski definition) is 1. The van der Waals surface area contributed by atoms with Crippen LogP contribution >= 0.6 is 0 Å². The summed E-state index contributed by atoms with van der Waals surface area (Å²) in [6.45, 7) is -0.128. The zero-order chi connectivity index (χ0) is 13.4. The summed E-state index contributed by atoms with van der Waals surface area (Å²) >= 11 is 0. The highest BCUT2D eigenvalue weighted by atomic mass is 16.5. The largest absolute Gasteiger partial charge is 0.469 e. The first-order valence-corrected chi connectivity index (χ1v) is 5.78. The van der Waals surface area contributed by atoms with E-state index in [4.69, 9.17) is 5.11 Å². The lowest BCUT2D eigenvalue weighted by atomic mass is 9.77. The molecule has 0 saturated heterocycles. The van der Waals surface area contributed by atoms with Crippen molar-refractivity contribution in [3.05, 3.63) is 35.9 Å². The molecule has 4 nitrogen and oxygen atoms in total. The Morgan fingerprint density at radius 2 is 2.11 bits per heavy atom. The van der Waals surface area contributed by atoms with Gasteiger partial charge in [-0.05, 0) is 18.4 Å². The molecule has 1 N–H and O–H groups in total. The van der Waals surface area contributed by atoms with E-state index in [-0.39, 0.29) is 19.4 Å². The van der Waals surface area contributed by atoms with Gasteiger partial charge in [0.15, 0.2) is 0 Å². The van der Waals surface area contributed by atoms with E-state index in [0.29, 0.717) is 6.42 Å². The monoisotopic (exact) mass is 247 g/mol. The molecule has 0 aliphatic rings. The van der Waals surface area contributed by atoms with Gasteiger partial charge in [0.1, 0.15) is 0 Å². The van der Waals surface area contributed by atoms with E-state index in [1.165, 1.54) is 7.11 Å². The van der Waals surface area contributed by atoms with Crippen molar-refractivity contribution in [2.45, 2.75) is 19.3 Å². The van der Waals surface area contributed by atoms with Crippen LogP contribution in [0.4, 0.5) is 0 Å². The van der Waals surface area contributed by atoms with Crippen molar-refractivity contribution >= 4 is 5.97 Å². The Bertz CT molecular complexity index is 424. The number of rotatable bonds is 6. The van der Waals surface area contributed by atoms with Gasteiger partial charge < -0.3 is 9.84 Å². The highest BCUT2D eigenvalue weighted by Crippen LogP contribution is 2.30. The molecule has 0 aliphatic heterocycles. The minimum atomic E-state index is -0.900. The molecular weight excluding hydrogens is 230 g/mol. The number of benzene rings is 1. The van der Waals surface area contributed by atoms with Crippen molar-refractivity contribution in [2.75, 3.05) is 13.7 Å². The number of nitrogens with zero attached hydrogens (tertiary/aromatic N) is 1. The average molecular weight is 247 g/mol. The van der Waals surface area contributed by atoms with Crippen LogP contribution in [0, 0.1) is 16.7 Å². The van der Waals surface area contributed by atoms with Crippen LogP contribution in [0.1, 0.15) is 18.4 Å². The van der Waals surface area contributed by atoms with Gasteiger partial charge in [-0.2, -0.15) is 5.26 Å². The minimum Gasteiger partial charge on any atom is -0.469 e. The number of carbonyl (C=O) groups is 1.